The lowest BCUT2D eigenvalue weighted by atomic mass is 9.93. The van der Waals surface area contributed by atoms with Gasteiger partial charge in [0.2, 0.25) is 0 Å². The van der Waals surface area contributed by atoms with E-state index in [0.717, 1.165) is 6.54 Å². The van der Waals surface area contributed by atoms with E-state index in [0.29, 0.717) is 5.57 Å². The van der Waals surface area contributed by atoms with Gasteiger partial charge in [0.1, 0.15) is 11.1 Å². The monoisotopic (exact) mass is 258 g/mol. The molecule has 0 saturated carbocycles. The molecule has 92 valence electrons. The quantitative estimate of drug-likeness (QED) is 0.431. The Hall–Kier alpha value is -1.74. The molecule has 2 atom stereocenters. The molecule has 4 N–H and O–H groups in total. The van der Waals surface area contributed by atoms with Crippen molar-refractivity contribution in [3.63, 3.8) is 0 Å². The van der Waals surface area contributed by atoms with Crippen molar-refractivity contribution in [3.05, 3.63) is 47.5 Å². The van der Waals surface area contributed by atoms with Gasteiger partial charge in [-0.05, 0) is 5.56 Å². The Morgan fingerprint density at radius 1 is 1.44 bits per heavy atom. The molecule has 0 aromatic heterocycles. The van der Waals surface area contributed by atoms with Crippen LogP contribution in [0.5, 0.6) is 0 Å². The standard InChI is InChI=1S/C13H14N4S/c14-7-10(13(15)18)6-11-8-16-17-12(11)9-4-2-1-3-5-9/h1-6,11-12,16-17H,8H2,(H2,15,18)/b10-6-. The number of nitrogens with zero attached hydrogens (tertiary/aromatic N) is 1. The molecule has 0 spiro atoms. The third-order valence-electron chi connectivity index (χ3n) is 2.95. The van der Waals surface area contributed by atoms with Gasteiger partial charge in [-0.15, -0.1) is 0 Å². The molecule has 2 unspecified atom stereocenters. The fourth-order valence-corrected chi connectivity index (χ4v) is 2.16. The average molecular weight is 258 g/mol. The van der Waals surface area contributed by atoms with Crippen molar-refractivity contribution in [3.8, 4) is 6.07 Å². The number of nitrogens with one attached hydrogen (secondary N) is 2. The average Bonchev–Trinajstić information content (AvgIpc) is 2.84. The summed E-state index contributed by atoms with van der Waals surface area (Å²) in [6, 6.07) is 12.2. The van der Waals surface area contributed by atoms with Crippen molar-refractivity contribution in [2.24, 2.45) is 11.7 Å². The second-order valence-electron chi connectivity index (χ2n) is 4.13. The van der Waals surface area contributed by atoms with Crippen LogP contribution in [-0.4, -0.2) is 11.5 Å². The molecule has 5 heteroatoms. The lowest BCUT2D eigenvalue weighted by Crippen LogP contribution is -2.24. The largest absolute Gasteiger partial charge is 0.389 e. The van der Waals surface area contributed by atoms with Crippen molar-refractivity contribution >= 4 is 17.2 Å². The minimum atomic E-state index is 0.129. The number of nitriles is 1. The van der Waals surface area contributed by atoms with Crippen molar-refractivity contribution < 1.29 is 0 Å². The van der Waals surface area contributed by atoms with Gasteiger partial charge in [-0.2, -0.15) is 5.26 Å². The SMILES string of the molecule is N#C/C(=C/C1CNNC1c1ccccc1)C(N)=S. The van der Waals surface area contributed by atoms with Crippen molar-refractivity contribution in [2.75, 3.05) is 6.54 Å². The highest BCUT2D eigenvalue weighted by atomic mass is 32.1. The number of hydrogen-bond donors (Lipinski definition) is 3. The van der Waals surface area contributed by atoms with Gasteiger partial charge < -0.3 is 5.73 Å². The molecule has 0 aliphatic carbocycles. The summed E-state index contributed by atoms with van der Waals surface area (Å²) < 4.78 is 0. The highest BCUT2D eigenvalue weighted by molar-refractivity contribution is 7.80. The van der Waals surface area contributed by atoms with E-state index in [9.17, 15) is 0 Å². The maximum Gasteiger partial charge on any atom is 0.114 e. The third-order valence-corrected chi connectivity index (χ3v) is 3.17. The summed E-state index contributed by atoms with van der Waals surface area (Å²) in [6.07, 6.45) is 1.84. The van der Waals surface area contributed by atoms with E-state index in [2.05, 4.69) is 23.0 Å². The minimum absolute atomic E-state index is 0.129. The third kappa shape index (κ3) is 2.74. The van der Waals surface area contributed by atoms with Crippen molar-refractivity contribution in [2.45, 2.75) is 6.04 Å². The van der Waals surface area contributed by atoms with Gasteiger partial charge in [0, 0.05) is 12.5 Å². The fourth-order valence-electron chi connectivity index (χ4n) is 2.05. The number of benzene rings is 1. The lowest BCUT2D eigenvalue weighted by molar-refractivity contribution is 0.539. The zero-order valence-corrected chi connectivity index (χ0v) is 10.6. The van der Waals surface area contributed by atoms with Gasteiger partial charge in [0.15, 0.2) is 0 Å². The Kier molecular flexibility index (Phi) is 4.05. The first kappa shape index (κ1) is 12.7. The zero-order chi connectivity index (χ0) is 13.0. The van der Waals surface area contributed by atoms with Crippen molar-refractivity contribution in [1.29, 1.82) is 5.26 Å². The van der Waals surface area contributed by atoms with Crippen LogP contribution < -0.4 is 16.6 Å². The molecular weight excluding hydrogens is 244 g/mol. The maximum atomic E-state index is 8.99. The van der Waals surface area contributed by atoms with Gasteiger partial charge in [0.25, 0.3) is 0 Å². The van der Waals surface area contributed by atoms with Crippen LogP contribution in [0.4, 0.5) is 0 Å². The van der Waals surface area contributed by atoms with E-state index >= 15 is 0 Å². The highest BCUT2D eigenvalue weighted by Gasteiger charge is 2.27. The summed E-state index contributed by atoms with van der Waals surface area (Å²) in [5.74, 6) is 0.156. The van der Waals surface area contributed by atoms with E-state index in [1.165, 1.54) is 5.56 Å². The maximum absolute atomic E-state index is 8.99. The van der Waals surface area contributed by atoms with E-state index < -0.39 is 0 Å². The van der Waals surface area contributed by atoms with Gasteiger partial charge in [-0.25, -0.2) is 5.43 Å². The van der Waals surface area contributed by atoms with Gasteiger partial charge in [-0.3, -0.25) is 5.43 Å². The van der Waals surface area contributed by atoms with E-state index in [-0.39, 0.29) is 16.9 Å². The summed E-state index contributed by atoms with van der Waals surface area (Å²) in [7, 11) is 0. The second kappa shape index (κ2) is 5.74. The predicted octanol–water partition coefficient (Wildman–Crippen LogP) is 1.19. The Morgan fingerprint density at radius 3 is 2.78 bits per heavy atom. The Labute approximate surface area is 111 Å². The molecule has 1 aliphatic heterocycles. The van der Waals surface area contributed by atoms with E-state index in [1.54, 1.807) is 0 Å². The first-order chi connectivity index (χ1) is 8.72. The minimum Gasteiger partial charge on any atom is -0.389 e. The van der Waals surface area contributed by atoms with Crippen LogP contribution in [0, 0.1) is 17.2 Å². The molecule has 0 amide bonds. The summed E-state index contributed by atoms with van der Waals surface area (Å²) in [4.78, 5) is 0.149. The topological polar surface area (TPSA) is 73.9 Å². The van der Waals surface area contributed by atoms with Crippen LogP contribution in [0.3, 0.4) is 0 Å². The summed E-state index contributed by atoms with van der Waals surface area (Å²) >= 11 is 4.85. The number of thiocarbonyl (C=S) groups is 1. The molecule has 1 heterocycles. The summed E-state index contributed by atoms with van der Waals surface area (Å²) in [6.45, 7) is 0.743. The van der Waals surface area contributed by atoms with Crippen LogP contribution in [0.15, 0.2) is 42.0 Å². The van der Waals surface area contributed by atoms with Crippen LogP contribution in [0.25, 0.3) is 0 Å². The molecule has 1 aliphatic rings. The Bertz CT molecular complexity index is 503. The molecule has 1 aromatic rings. The van der Waals surface area contributed by atoms with E-state index in [4.69, 9.17) is 23.2 Å². The van der Waals surface area contributed by atoms with Gasteiger partial charge in [0.05, 0.1) is 11.6 Å². The van der Waals surface area contributed by atoms with Crippen molar-refractivity contribution in [1.82, 2.24) is 10.9 Å². The molecule has 4 nitrogen and oxygen atoms in total. The smallest absolute Gasteiger partial charge is 0.114 e. The number of hydrogen-bond acceptors (Lipinski definition) is 4. The summed E-state index contributed by atoms with van der Waals surface area (Å²) in [5, 5.41) is 8.99. The fraction of sp³-hybridized carbons (Fsp3) is 0.231. The van der Waals surface area contributed by atoms with Crippen LogP contribution in [-0.2, 0) is 0 Å². The highest BCUT2D eigenvalue weighted by Crippen LogP contribution is 2.26. The number of hydrazine groups is 1. The lowest BCUT2D eigenvalue weighted by Gasteiger charge is -2.16. The second-order valence-corrected chi connectivity index (χ2v) is 4.57. The molecule has 2 rings (SSSR count). The molecular formula is C13H14N4S. The first-order valence-electron chi connectivity index (χ1n) is 5.67. The molecule has 0 radical (unpaired) electrons. The molecule has 18 heavy (non-hydrogen) atoms. The van der Waals surface area contributed by atoms with Crippen LogP contribution >= 0.6 is 12.2 Å². The Balaban J connectivity index is 2.24. The van der Waals surface area contributed by atoms with E-state index in [1.807, 2.05) is 30.3 Å². The molecule has 1 aromatic carbocycles. The number of rotatable bonds is 3. The molecule has 1 saturated heterocycles. The van der Waals surface area contributed by atoms with Crippen LogP contribution in [0.2, 0.25) is 0 Å². The normalized spacial score (nSPS) is 23.6. The van der Waals surface area contributed by atoms with Gasteiger partial charge in [-0.1, -0.05) is 48.6 Å². The Morgan fingerprint density at radius 2 is 2.17 bits per heavy atom. The predicted molar refractivity (Wildman–Crippen MR) is 74.3 cm³/mol. The van der Waals surface area contributed by atoms with Gasteiger partial charge >= 0.3 is 0 Å². The van der Waals surface area contributed by atoms with Crippen LogP contribution in [0.1, 0.15) is 11.6 Å². The zero-order valence-electron chi connectivity index (χ0n) is 9.76. The molecule has 0 bridgehead atoms. The molecule has 1 fully saturated rings. The first-order valence-corrected chi connectivity index (χ1v) is 6.08. The number of nitrogens with two attached hydrogens (primary N) is 1. The summed E-state index contributed by atoms with van der Waals surface area (Å²) in [5.41, 5.74) is 13.4.